The van der Waals surface area contributed by atoms with Gasteiger partial charge in [-0.15, -0.1) is 17.9 Å². The van der Waals surface area contributed by atoms with Crippen molar-refractivity contribution in [1.82, 2.24) is 0 Å². The summed E-state index contributed by atoms with van der Waals surface area (Å²) in [6, 6.07) is 8.24. The number of fused-ring (bicyclic) bond motifs is 1. The predicted molar refractivity (Wildman–Crippen MR) is 103 cm³/mol. The molecule has 0 aliphatic carbocycles. The van der Waals surface area contributed by atoms with E-state index in [1.807, 2.05) is 44.2 Å². The van der Waals surface area contributed by atoms with E-state index < -0.39 is 0 Å². The van der Waals surface area contributed by atoms with E-state index in [1.54, 1.807) is 23.5 Å². The zero-order valence-electron chi connectivity index (χ0n) is 13.3. The second-order valence-corrected chi connectivity index (χ2v) is 5.71. The number of hydrogen-bond donors (Lipinski definition) is 1. The monoisotopic (exact) mass is 309 g/mol. The minimum Gasteiger partial charge on any atom is -0.398 e. The summed E-state index contributed by atoms with van der Waals surface area (Å²) in [5.74, 6) is 0. The Balaban J connectivity index is 0.000000745. The Labute approximate surface area is 136 Å². The fourth-order valence-corrected chi connectivity index (χ4v) is 3.09. The fourth-order valence-electron chi connectivity index (χ4n) is 2.08. The van der Waals surface area contributed by atoms with Crippen LogP contribution in [0.4, 0.5) is 0 Å². The molecule has 0 amide bonds. The van der Waals surface area contributed by atoms with Crippen LogP contribution in [0.1, 0.15) is 13.8 Å². The Morgan fingerprint density at radius 2 is 1.82 bits per heavy atom. The minimum absolute atomic E-state index is 0.750. The molecule has 2 N–H and O–H groups in total. The Bertz CT molecular complexity index is 819. The van der Waals surface area contributed by atoms with E-state index >= 15 is 0 Å². The van der Waals surface area contributed by atoms with Crippen molar-refractivity contribution in [2.75, 3.05) is 0 Å². The second kappa shape index (κ2) is 8.85. The van der Waals surface area contributed by atoms with Crippen LogP contribution in [0.3, 0.4) is 0 Å². The maximum atomic E-state index is 6.34. The smallest absolute Gasteiger partial charge is 0.0481 e. The van der Waals surface area contributed by atoms with E-state index in [-0.39, 0.29) is 0 Å². The number of thiophene rings is 1. The molecule has 0 bridgehead atoms. The van der Waals surface area contributed by atoms with Crippen molar-refractivity contribution < 1.29 is 0 Å². The van der Waals surface area contributed by atoms with Crippen LogP contribution in [0.15, 0.2) is 73.4 Å². The predicted octanol–water partition coefficient (Wildman–Crippen LogP) is 4.26. The van der Waals surface area contributed by atoms with Gasteiger partial charge in [-0.05, 0) is 25.5 Å². The van der Waals surface area contributed by atoms with Gasteiger partial charge in [0.1, 0.15) is 0 Å². The lowest BCUT2D eigenvalue weighted by atomic mass is 10.1. The molecule has 2 rings (SSSR count). The van der Waals surface area contributed by atoms with Crippen LogP contribution in [0.5, 0.6) is 0 Å². The minimum atomic E-state index is 0.750. The third-order valence-electron chi connectivity index (χ3n) is 2.89. The molecule has 1 aromatic carbocycles. The van der Waals surface area contributed by atoms with Crippen molar-refractivity contribution in [1.29, 1.82) is 0 Å². The van der Waals surface area contributed by atoms with Gasteiger partial charge in [0, 0.05) is 25.5 Å². The Kier molecular flexibility index (Phi) is 7.14. The van der Waals surface area contributed by atoms with Crippen molar-refractivity contribution in [2.24, 2.45) is 5.73 Å². The summed E-state index contributed by atoms with van der Waals surface area (Å²) in [5.41, 5.74) is 8.05. The van der Waals surface area contributed by atoms with E-state index in [1.165, 1.54) is 4.70 Å². The van der Waals surface area contributed by atoms with E-state index in [2.05, 4.69) is 31.9 Å². The van der Waals surface area contributed by atoms with Crippen molar-refractivity contribution in [2.45, 2.75) is 13.8 Å². The summed E-state index contributed by atoms with van der Waals surface area (Å²) >= 11 is 1.67. The summed E-state index contributed by atoms with van der Waals surface area (Å²) in [4.78, 5) is 0. The lowest BCUT2D eigenvalue weighted by molar-refractivity contribution is 1.48. The zero-order chi connectivity index (χ0) is 16.5. The highest BCUT2D eigenvalue weighted by atomic mass is 32.1. The lowest BCUT2D eigenvalue weighted by Crippen LogP contribution is -2.25. The average Bonchev–Trinajstić information content (AvgIpc) is 2.83. The molecule has 0 aliphatic rings. The SMILES string of the molecule is C=C/C=C(\C=C/C)C(/N)=c1/c(=C)sc2ccccc12.C=CC. The number of hydrogen-bond acceptors (Lipinski definition) is 2. The molecule has 0 aliphatic heterocycles. The van der Waals surface area contributed by atoms with Gasteiger partial charge in [0.05, 0.1) is 0 Å². The molecule has 0 radical (unpaired) electrons. The van der Waals surface area contributed by atoms with Gasteiger partial charge in [0.2, 0.25) is 0 Å². The molecule has 0 atom stereocenters. The van der Waals surface area contributed by atoms with Crippen LogP contribution in [-0.2, 0) is 0 Å². The first-order valence-electron chi connectivity index (χ1n) is 7.09. The van der Waals surface area contributed by atoms with Crippen molar-refractivity contribution in [3.05, 3.63) is 83.1 Å². The second-order valence-electron chi connectivity index (χ2n) is 4.58. The molecule has 0 spiro atoms. The van der Waals surface area contributed by atoms with Gasteiger partial charge in [0.15, 0.2) is 0 Å². The van der Waals surface area contributed by atoms with Crippen LogP contribution in [0, 0.1) is 0 Å². The molecule has 0 saturated carbocycles. The first kappa shape index (κ1) is 17.7. The van der Waals surface area contributed by atoms with Crippen molar-refractivity contribution in [3.8, 4) is 0 Å². The lowest BCUT2D eigenvalue weighted by Gasteiger charge is -2.01. The number of benzene rings is 1. The Hall–Kier alpha value is -2.32. The van der Waals surface area contributed by atoms with Gasteiger partial charge in [-0.1, -0.05) is 61.7 Å². The van der Waals surface area contributed by atoms with Gasteiger partial charge in [-0.2, -0.15) is 0 Å². The van der Waals surface area contributed by atoms with Crippen LogP contribution in [0.2, 0.25) is 0 Å². The molecule has 1 nitrogen and oxygen atoms in total. The third kappa shape index (κ3) is 4.09. The fraction of sp³-hybridized carbons (Fsp3) is 0.100. The highest BCUT2D eigenvalue weighted by molar-refractivity contribution is 7.17. The normalized spacial score (nSPS) is 12.7. The highest BCUT2D eigenvalue weighted by Crippen LogP contribution is 2.14. The molecule has 2 aromatic rings. The van der Waals surface area contributed by atoms with Crippen molar-refractivity contribution >= 4 is 33.7 Å². The topological polar surface area (TPSA) is 26.0 Å². The van der Waals surface area contributed by atoms with Gasteiger partial charge in [0.25, 0.3) is 0 Å². The first-order chi connectivity index (χ1) is 10.6. The Morgan fingerprint density at radius 1 is 1.18 bits per heavy atom. The molecule has 1 aromatic heterocycles. The third-order valence-corrected chi connectivity index (χ3v) is 3.92. The van der Waals surface area contributed by atoms with Gasteiger partial charge >= 0.3 is 0 Å². The summed E-state index contributed by atoms with van der Waals surface area (Å²) in [6.45, 7) is 15.1. The maximum Gasteiger partial charge on any atom is 0.0481 e. The number of nitrogens with two attached hydrogens (primary N) is 1. The average molecular weight is 309 g/mol. The van der Waals surface area contributed by atoms with E-state index in [0.717, 1.165) is 26.4 Å². The summed E-state index contributed by atoms with van der Waals surface area (Å²) in [5, 5.41) is 2.20. The summed E-state index contributed by atoms with van der Waals surface area (Å²) in [6.07, 6.45) is 9.38. The van der Waals surface area contributed by atoms with Crippen molar-refractivity contribution in [3.63, 3.8) is 0 Å². The standard InChI is InChI=1S/C17H17NS.C3H6/c1-4-8-13(9-5-2)17(18)16-12(3)19-15-11-7-6-10-14(15)16;1-3-2/h4-11H,1,3,18H2,2H3;3H,1H2,2H3/b9-5-,13-8+,17-16+;. The van der Waals surface area contributed by atoms with E-state index in [0.29, 0.717) is 0 Å². The molecule has 1 heterocycles. The zero-order valence-corrected chi connectivity index (χ0v) is 14.1. The molecule has 114 valence electrons. The van der Waals surface area contributed by atoms with Gasteiger partial charge < -0.3 is 5.73 Å². The quantitative estimate of drug-likeness (QED) is 0.665. The van der Waals surface area contributed by atoms with E-state index in [9.17, 15) is 0 Å². The van der Waals surface area contributed by atoms with Crippen LogP contribution >= 0.6 is 11.3 Å². The van der Waals surface area contributed by atoms with Crippen LogP contribution < -0.4 is 15.5 Å². The molecular weight excluding hydrogens is 286 g/mol. The number of allylic oxidation sites excluding steroid dienone is 4. The van der Waals surface area contributed by atoms with Gasteiger partial charge in [-0.25, -0.2) is 0 Å². The maximum absolute atomic E-state index is 6.34. The highest BCUT2D eigenvalue weighted by Gasteiger charge is 2.05. The Morgan fingerprint density at radius 3 is 2.41 bits per heavy atom. The summed E-state index contributed by atoms with van der Waals surface area (Å²) in [7, 11) is 0. The molecule has 0 fully saturated rings. The molecule has 22 heavy (non-hydrogen) atoms. The van der Waals surface area contributed by atoms with Crippen LogP contribution in [0.25, 0.3) is 22.4 Å². The van der Waals surface area contributed by atoms with Crippen LogP contribution in [-0.4, -0.2) is 0 Å². The molecule has 2 heteroatoms. The largest absolute Gasteiger partial charge is 0.398 e. The number of rotatable bonds is 3. The molecule has 0 unspecified atom stereocenters. The first-order valence-corrected chi connectivity index (χ1v) is 7.91. The van der Waals surface area contributed by atoms with Gasteiger partial charge in [-0.3, -0.25) is 0 Å². The molecular formula is C20H23NS. The van der Waals surface area contributed by atoms with E-state index in [4.69, 9.17) is 5.73 Å². The molecule has 0 saturated heterocycles. The summed E-state index contributed by atoms with van der Waals surface area (Å²) < 4.78 is 2.21.